The average Bonchev–Trinajstić information content (AvgIpc) is 1.98. The molecule has 0 saturated heterocycles. The van der Waals surface area contributed by atoms with E-state index in [1.165, 1.54) is 16.7 Å². The van der Waals surface area contributed by atoms with Crippen molar-refractivity contribution in [1.82, 2.24) is 0 Å². The predicted molar refractivity (Wildman–Crippen MR) is 49.3 cm³/mol. The van der Waals surface area contributed by atoms with Crippen molar-refractivity contribution in [3.63, 3.8) is 0 Å². The fraction of sp³-hybridized carbons (Fsp3) is 0.273. The number of benzene rings is 1. The van der Waals surface area contributed by atoms with Gasteiger partial charge in [-0.25, -0.2) is 0 Å². The van der Waals surface area contributed by atoms with Crippen molar-refractivity contribution in [3.8, 4) is 0 Å². The minimum Gasteiger partial charge on any atom is -0.0585 e. The van der Waals surface area contributed by atoms with Gasteiger partial charge in [0, 0.05) is 0 Å². The zero-order chi connectivity index (χ0) is 8.27. The van der Waals surface area contributed by atoms with E-state index in [0.717, 1.165) is 0 Å². The molecule has 0 atom stereocenters. The molecule has 1 rings (SSSR count). The summed E-state index contributed by atoms with van der Waals surface area (Å²) in [6.07, 6.45) is 5.00. The molecule has 1 aromatic carbocycles. The summed E-state index contributed by atoms with van der Waals surface area (Å²) in [6, 6.07) is 6.42. The summed E-state index contributed by atoms with van der Waals surface area (Å²) in [6.45, 7) is 6.16. The van der Waals surface area contributed by atoms with Crippen LogP contribution in [0.1, 0.15) is 23.6 Å². The fourth-order valence-corrected chi connectivity index (χ4v) is 1.02. The van der Waals surface area contributed by atoms with E-state index in [-0.39, 0.29) is 0 Å². The summed E-state index contributed by atoms with van der Waals surface area (Å²) < 4.78 is 0. The van der Waals surface area contributed by atoms with Gasteiger partial charge in [-0.3, -0.25) is 0 Å². The summed E-state index contributed by atoms with van der Waals surface area (Å²) in [5.41, 5.74) is 3.92. The van der Waals surface area contributed by atoms with E-state index >= 15 is 0 Å². The molecule has 0 spiro atoms. The maximum atomic E-state index is 3.01. The van der Waals surface area contributed by atoms with Crippen LogP contribution in [0.4, 0.5) is 0 Å². The predicted octanol–water partition coefficient (Wildman–Crippen LogP) is 3.14. The molecule has 0 fully saturated rings. The van der Waals surface area contributed by atoms with Gasteiger partial charge in [0.1, 0.15) is 0 Å². The van der Waals surface area contributed by atoms with Crippen LogP contribution in [-0.2, 0) is 0 Å². The first-order valence-electron chi connectivity index (χ1n) is 3.82. The fourth-order valence-electron chi connectivity index (χ4n) is 1.02. The Morgan fingerprint density at radius 1 is 1.18 bits per heavy atom. The van der Waals surface area contributed by atoms with Crippen LogP contribution in [0, 0.1) is 19.9 Å². The van der Waals surface area contributed by atoms with Gasteiger partial charge in [-0.05, 0) is 43.5 Å². The Morgan fingerprint density at radius 3 is 2.45 bits per heavy atom. The highest BCUT2D eigenvalue weighted by Gasteiger charge is 1.91. The number of allylic oxidation sites excluding steroid dienone is 1. The Bertz CT molecular complexity index is 269. The number of rotatable bonds is 1. The largest absolute Gasteiger partial charge is 0.0585 e. The number of hydrogen-bond acceptors (Lipinski definition) is 0. The second-order valence-electron chi connectivity index (χ2n) is 2.78. The minimum absolute atomic E-state index is 1.23. The highest BCUT2D eigenvalue weighted by atomic mass is 14.0. The lowest BCUT2D eigenvalue weighted by Crippen LogP contribution is -1.80. The van der Waals surface area contributed by atoms with Crippen LogP contribution >= 0.6 is 0 Å². The van der Waals surface area contributed by atoms with Gasteiger partial charge in [0.15, 0.2) is 0 Å². The van der Waals surface area contributed by atoms with E-state index < -0.39 is 0 Å². The lowest BCUT2D eigenvalue weighted by atomic mass is 10.1. The molecule has 0 saturated carbocycles. The van der Waals surface area contributed by atoms with Gasteiger partial charge in [0.2, 0.25) is 0 Å². The number of aryl methyl sites for hydroxylation is 2. The van der Waals surface area contributed by atoms with Gasteiger partial charge in [-0.2, -0.15) is 0 Å². The Hall–Kier alpha value is -1.04. The zero-order valence-corrected chi connectivity index (χ0v) is 7.31. The second kappa shape index (κ2) is 3.38. The van der Waals surface area contributed by atoms with Crippen LogP contribution in [0.25, 0.3) is 6.08 Å². The molecule has 11 heavy (non-hydrogen) atoms. The molecule has 0 amide bonds. The maximum Gasteiger partial charge on any atom is -0.0251 e. The monoisotopic (exact) mass is 145 g/mol. The van der Waals surface area contributed by atoms with Crippen LogP contribution in [0.2, 0.25) is 0 Å². The first kappa shape index (κ1) is 8.06. The summed E-state index contributed by atoms with van der Waals surface area (Å²) in [4.78, 5) is 0. The molecular weight excluding hydrogens is 132 g/mol. The van der Waals surface area contributed by atoms with Crippen molar-refractivity contribution in [2.45, 2.75) is 20.8 Å². The minimum atomic E-state index is 1.23. The lowest BCUT2D eigenvalue weighted by Gasteiger charge is -1.99. The Labute approximate surface area is 68.6 Å². The molecule has 0 bridgehead atoms. The van der Waals surface area contributed by atoms with Crippen LogP contribution in [-0.4, -0.2) is 0 Å². The summed E-state index contributed by atoms with van der Waals surface area (Å²) in [7, 11) is 0. The maximum absolute atomic E-state index is 3.01. The normalized spacial score (nSPS) is 10.8. The molecule has 0 aliphatic heterocycles. The summed E-state index contributed by atoms with van der Waals surface area (Å²) in [5.74, 6) is 0. The Morgan fingerprint density at radius 2 is 1.91 bits per heavy atom. The molecule has 0 nitrogen and oxygen atoms in total. The van der Waals surface area contributed by atoms with Gasteiger partial charge >= 0.3 is 0 Å². The van der Waals surface area contributed by atoms with Gasteiger partial charge in [-0.15, -0.1) is 0 Å². The molecule has 0 unspecified atom stereocenters. The molecule has 0 aliphatic carbocycles. The van der Waals surface area contributed by atoms with Crippen molar-refractivity contribution in [2.75, 3.05) is 0 Å². The molecule has 0 aliphatic rings. The SMILES string of the molecule is C[C]=Cc1ccc(C)c(C)c1. The molecule has 0 N–H and O–H groups in total. The standard InChI is InChI=1S/C11H13/c1-4-5-11-7-6-9(2)10(3)8-11/h5-8H,1-3H3. The molecule has 0 heteroatoms. The van der Waals surface area contributed by atoms with E-state index in [4.69, 9.17) is 0 Å². The van der Waals surface area contributed by atoms with Gasteiger partial charge in [0.05, 0.1) is 0 Å². The molecule has 57 valence electrons. The van der Waals surface area contributed by atoms with Crippen LogP contribution < -0.4 is 0 Å². The third-order valence-corrected chi connectivity index (χ3v) is 1.84. The summed E-state index contributed by atoms with van der Waals surface area (Å²) >= 11 is 0. The van der Waals surface area contributed by atoms with E-state index in [1.807, 2.05) is 13.0 Å². The smallest absolute Gasteiger partial charge is 0.0251 e. The number of hydrogen-bond donors (Lipinski definition) is 0. The topological polar surface area (TPSA) is 0 Å². The van der Waals surface area contributed by atoms with Crippen LogP contribution in [0.5, 0.6) is 0 Å². The first-order chi connectivity index (χ1) is 5.24. The van der Waals surface area contributed by atoms with Crippen molar-refractivity contribution >= 4 is 6.08 Å². The summed E-state index contributed by atoms with van der Waals surface area (Å²) in [5, 5.41) is 0. The second-order valence-corrected chi connectivity index (χ2v) is 2.78. The van der Waals surface area contributed by atoms with E-state index in [9.17, 15) is 0 Å². The molecule has 0 heterocycles. The van der Waals surface area contributed by atoms with Crippen molar-refractivity contribution in [1.29, 1.82) is 0 Å². The van der Waals surface area contributed by atoms with E-state index in [0.29, 0.717) is 0 Å². The van der Waals surface area contributed by atoms with Crippen LogP contribution in [0.15, 0.2) is 18.2 Å². The third-order valence-electron chi connectivity index (χ3n) is 1.84. The average molecular weight is 145 g/mol. The molecular formula is C11H13. The van der Waals surface area contributed by atoms with E-state index in [1.54, 1.807) is 0 Å². The van der Waals surface area contributed by atoms with Gasteiger partial charge < -0.3 is 0 Å². The van der Waals surface area contributed by atoms with Crippen molar-refractivity contribution < 1.29 is 0 Å². The Balaban J connectivity index is 3.05. The van der Waals surface area contributed by atoms with Gasteiger partial charge in [0.25, 0.3) is 0 Å². The van der Waals surface area contributed by atoms with E-state index in [2.05, 4.69) is 38.1 Å². The quantitative estimate of drug-likeness (QED) is 0.569. The molecule has 1 aromatic rings. The molecule has 0 aromatic heterocycles. The highest BCUT2D eigenvalue weighted by Crippen LogP contribution is 2.10. The molecule has 1 radical (unpaired) electrons. The third kappa shape index (κ3) is 1.94. The Kier molecular flexibility index (Phi) is 2.48. The van der Waals surface area contributed by atoms with Crippen molar-refractivity contribution in [3.05, 3.63) is 41.0 Å². The first-order valence-corrected chi connectivity index (χ1v) is 3.82. The lowest BCUT2D eigenvalue weighted by molar-refractivity contribution is 1.33. The highest BCUT2D eigenvalue weighted by molar-refractivity contribution is 5.49. The van der Waals surface area contributed by atoms with Crippen molar-refractivity contribution in [2.24, 2.45) is 0 Å². The zero-order valence-electron chi connectivity index (χ0n) is 7.31. The van der Waals surface area contributed by atoms with Crippen LogP contribution in [0.3, 0.4) is 0 Å². The van der Waals surface area contributed by atoms with Gasteiger partial charge in [-0.1, -0.05) is 24.3 Å².